The predicted molar refractivity (Wildman–Crippen MR) is 245 cm³/mol. The molecule has 1 saturated heterocycles. The quantitative estimate of drug-likeness (QED) is 0.142. The Morgan fingerprint density at radius 3 is 1.69 bits per heavy atom. The highest BCUT2D eigenvalue weighted by molar-refractivity contribution is 6.27. The van der Waals surface area contributed by atoms with Crippen LogP contribution in [-0.2, 0) is 5.41 Å². The molecule has 2 aromatic heterocycles. The average molecular weight is 746 g/mol. The molecule has 3 heteroatoms. The molecule has 278 valence electrons. The maximum Gasteiger partial charge on any atom is 0.0547 e. The third kappa shape index (κ3) is 4.90. The van der Waals surface area contributed by atoms with E-state index in [0.29, 0.717) is 23.9 Å². The van der Waals surface area contributed by atoms with Gasteiger partial charge >= 0.3 is 0 Å². The van der Waals surface area contributed by atoms with Gasteiger partial charge in [0.15, 0.2) is 0 Å². The molecule has 9 aromatic rings. The maximum atomic E-state index is 3.70. The van der Waals surface area contributed by atoms with Gasteiger partial charge in [-0.15, -0.1) is 0 Å². The van der Waals surface area contributed by atoms with Crippen molar-refractivity contribution in [1.29, 1.82) is 0 Å². The monoisotopic (exact) mass is 745 g/mol. The molecule has 0 bridgehead atoms. The lowest BCUT2D eigenvalue weighted by Gasteiger charge is -2.32. The van der Waals surface area contributed by atoms with Gasteiger partial charge in [0.2, 0.25) is 0 Å². The van der Waals surface area contributed by atoms with Crippen molar-refractivity contribution in [3.05, 3.63) is 204 Å². The number of hydrogen-bond donors (Lipinski definition) is 3. The summed E-state index contributed by atoms with van der Waals surface area (Å²) in [7, 11) is 0. The number of H-pyrrole nitrogens is 2. The fourth-order valence-corrected chi connectivity index (χ4v) is 10.9. The van der Waals surface area contributed by atoms with Crippen LogP contribution in [0.4, 0.5) is 0 Å². The van der Waals surface area contributed by atoms with E-state index in [1.807, 2.05) is 0 Å². The minimum Gasteiger partial charge on any atom is -0.354 e. The van der Waals surface area contributed by atoms with E-state index >= 15 is 0 Å². The third-order valence-corrected chi connectivity index (χ3v) is 13.6. The van der Waals surface area contributed by atoms with Crippen LogP contribution in [0.3, 0.4) is 0 Å². The maximum absolute atomic E-state index is 3.70. The molecule has 0 saturated carbocycles. The topological polar surface area (TPSA) is 43.6 Å². The first-order valence-corrected chi connectivity index (χ1v) is 20.7. The fourth-order valence-electron chi connectivity index (χ4n) is 10.9. The Bertz CT molecular complexity index is 3190. The number of aromatic nitrogens is 2. The smallest absolute Gasteiger partial charge is 0.0547 e. The highest BCUT2D eigenvalue weighted by atomic mass is 15.0. The van der Waals surface area contributed by atoms with Gasteiger partial charge < -0.3 is 15.3 Å². The lowest BCUT2D eigenvalue weighted by molar-refractivity contribution is 0.483. The number of benzene rings is 7. The van der Waals surface area contributed by atoms with Crippen LogP contribution in [0.1, 0.15) is 25.0 Å². The van der Waals surface area contributed by atoms with Crippen molar-refractivity contribution in [1.82, 2.24) is 15.3 Å². The second-order valence-electron chi connectivity index (χ2n) is 17.0. The molecule has 1 fully saturated rings. The number of nitrogens with one attached hydrogen (secondary N) is 3. The molecular formula is C55H43N3. The molecular weight excluding hydrogens is 703 g/mol. The summed E-state index contributed by atoms with van der Waals surface area (Å²) in [6.45, 7) is 4.65. The first kappa shape index (κ1) is 33.5. The second kappa shape index (κ2) is 12.7. The molecule has 4 atom stereocenters. The summed E-state index contributed by atoms with van der Waals surface area (Å²) in [6.07, 6.45) is 18.1. The molecule has 0 amide bonds. The van der Waals surface area contributed by atoms with E-state index in [4.69, 9.17) is 0 Å². The molecule has 7 aromatic carbocycles. The Morgan fingerprint density at radius 1 is 0.466 bits per heavy atom. The zero-order valence-corrected chi connectivity index (χ0v) is 32.6. The van der Waals surface area contributed by atoms with E-state index in [-0.39, 0.29) is 5.41 Å². The van der Waals surface area contributed by atoms with Crippen LogP contribution >= 0.6 is 0 Å². The second-order valence-corrected chi connectivity index (χ2v) is 17.0. The standard InChI is InChI=1S/C21H17N.C20H13N.C14H13N/c1-21(2)16-9-5-3-8-15(16)19-17(21)12-11-14-13-7-4-6-10-18(13)22-20(14)19;1-3-7-15-13(5-1)9-11-17-19(15)20-16-8-4-2-6-14(16)10-12-18(20)21-17;1-3-9-7-8-10-4-2-6-12-14(10)13(9)11(5-1)15-12/h3-12,22H,1-2H3;1-12,21H;1-8,11-15H. The minimum atomic E-state index is 0.0669. The summed E-state index contributed by atoms with van der Waals surface area (Å²) >= 11 is 0. The van der Waals surface area contributed by atoms with E-state index in [9.17, 15) is 0 Å². The largest absolute Gasteiger partial charge is 0.354 e. The van der Waals surface area contributed by atoms with Crippen molar-refractivity contribution in [3.63, 3.8) is 0 Å². The highest BCUT2D eigenvalue weighted by Gasteiger charge is 2.46. The van der Waals surface area contributed by atoms with Crippen LogP contribution in [0.2, 0.25) is 0 Å². The Morgan fingerprint density at radius 2 is 1.03 bits per heavy atom. The molecule has 0 spiro atoms. The molecule has 3 heterocycles. The van der Waals surface area contributed by atoms with Gasteiger partial charge in [-0.05, 0) is 67.6 Å². The molecule has 14 rings (SSSR count). The van der Waals surface area contributed by atoms with Crippen LogP contribution in [-0.4, -0.2) is 22.1 Å². The van der Waals surface area contributed by atoms with Crippen LogP contribution in [0.5, 0.6) is 0 Å². The average Bonchev–Trinajstić information content (AvgIpc) is 4.02. The molecule has 3 N–H and O–H groups in total. The van der Waals surface area contributed by atoms with Crippen LogP contribution in [0.25, 0.3) is 76.3 Å². The Balaban J connectivity index is 0.0000000964. The molecule has 5 aliphatic rings. The van der Waals surface area contributed by atoms with Crippen molar-refractivity contribution in [2.45, 2.75) is 31.3 Å². The number of allylic oxidation sites excluding steroid dienone is 6. The van der Waals surface area contributed by atoms with Gasteiger partial charge in [-0.25, -0.2) is 0 Å². The summed E-state index contributed by atoms with van der Waals surface area (Å²) in [5.74, 6) is 1.34. The molecule has 1 aliphatic heterocycles. The summed E-state index contributed by atoms with van der Waals surface area (Å²) in [6, 6.07) is 49.0. The van der Waals surface area contributed by atoms with Crippen molar-refractivity contribution in [3.8, 4) is 11.1 Å². The predicted octanol–water partition coefficient (Wildman–Crippen LogP) is 13.4. The zero-order valence-electron chi connectivity index (χ0n) is 32.6. The first-order chi connectivity index (χ1) is 28.5. The number of aromatic amines is 2. The van der Waals surface area contributed by atoms with Crippen LogP contribution in [0.15, 0.2) is 193 Å². The van der Waals surface area contributed by atoms with E-state index < -0.39 is 0 Å². The number of fused-ring (bicyclic) bond motifs is 14. The Hall–Kier alpha value is -6.68. The lowest BCUT2D eigenvalue weighted by Crippen LogP contribution is -2.30. The third-order valence-electron chi connectivity index (χ3n) is 13.6. The Labute approximate surface area is 337 Å². The highest BCUT2D eigenvalue weighted by Crippen LogP contribution is 2.52. The van der Waals surface area contributed by atoms with Gasteiger partial charge in [0, 0.05) is 73.0 Å². The Kier molecular flexibility index (Phi) is 7.30. The lowest BCUT2D eigenvalue weighted by atomic mass is 9.71. The van der Waals surface area contributed by atoms with Gasteiger partial charge in [-0.3, -0.25) is 0 Å². The van der Waals surface area contributed by atoms with Crippen molar-refractivity contribution < 1.29 is 0 Å². The normalized spacial score (nSPS) is 21.3. The van der Waals surface area contributed by atoms with E-state index in [2.05, 4.69) is 211 Å². The van der Waals surface area contributed by atoms with Crippen molar-refractivity contribution >= 4 is 65.2 Å². The fraction of sp³-hybridized carbons (Fsp3) is 0.127. The summed E-state index contributed by atoms with van der Waals surface area (Å²) < 4.78 is 0. The van der Waals surface area contributed by atoms with E-state index in [1.165, 1.54) is 98.6 Å². The molecule has 0 radical (unpaired) electrons. The zero-order chi connectivity index (χ0) is 38.5. The molecule has 4 aliphatic carbocycles. The van der Waals surface area contributed by atoms with Gasteiger partial charge in [0.05, 0.1) is 5.52 Å². The number of hydrogen-bond acceptors (Lipinski definition) is 1. The number of para-hydroxylation sites is 1. The minimum absolute atomic E-state index is 0.0669. The van der Waals surface area contributed by atoms with Gasteiger partial charge in [-0.2, -0.15) is 0 Å². The molecule has 4 unspecified atom stereocenters. The van der Waals surface area contributed by atoms with Gasteiger partial charge in [0.25, 0.3) is 0 Å². The summed E-state index contributed by atoms with van der Waals surface area (Å²) in [4.78, 5) is 7.22. The van der Waals surface area contributed by atoms with Crippen molar-refractivity contribution in [2.24, 2.45) is 11.8 Å². The van der Waals surface area contributed by atoms with Crippen molar-refractivity contribution in [2.75, 3.05) is 0 Å². The first-order valence-electron chi connectivity index (χ1n) is 20.7. The van der Waals surface area contributed by atoms with Crippen LogP contribution in [0, 0.1) is 11.8 Å². The van der Waals surface area contributed by atoms with Gasteiger partial charge in [-0.1, -0.05) is 178 Å². The summed E-state index contributed by atoms with van der Waals surface area (Å²) in [5, 5.41) is 14.2. The summed E-state index contributed by atoms with van der Waals surface area (Å²) in [5.41, 5.74) is 13.6. The van der Waals surface area contributed by atoms with Gasteiger partial charge in [0.1, 0.15) is 0 Å². The SMILES string of the molecule is C1=CC2NC3C=CC=C4C=CC(=C1)C2C43.CC1(C)c2ccccc2-c2c1ccc1c2[nH]c2ccccc21.c1ccc2c(c1)ccc1[nH]c3ccc4ccccc4c3c12. The van der Waals surface area contributed by atoms with E-state index in [1.54, 1.807) is 0 Å². The van der Waals surface area contributed by atoms with Crippen LogP contribution < -0.4 is 5.32 Å². The molecule has 3 nitrogen and oxygen atoms in total. The number of rotatable bonds is 0. The molecule has 58 heavy (non-hydrogen) atoms. The van der Waals surface area contributed by atoms with E-state index in [0.717, 1.165) is 0 Å².